The van der Waals surface area contributed by atoms with Gasteiger partial charge >= 0.3 is 0 Å². The van der Waals surface area contributed by atoms with Gasteiger partial charge in [-0.1, -0.05) is 24.6 Å². The molecule has 2 aromatic carbocycles. The van der Waals surface area contributed by atoms with Gasteiger partial charge in [-0.15, -0.1) is 0 Å². The van der Waals surface area contributed by atoms with Crippen molar-refractivity contribution in [3.05, 3.63) is 41.4 Å². The maximum atomic E-state index is 10.2. The standard InChI is InChI=1S/C16H16ClN3O/c1-2-8-20-14-7-6-10(17)9-13(14)19-16(20)11-4-3-5-12(18)15(11)21/h3-7,9,21H,2,8,18H2,1H3. The third kappa shape index (κ3) is 2.32. The second-order valence-electron chi connectivity index (χ2n) is 4.96. The Morgan fingerprint density at radius 3 is 2.86 bits per heavy atom. The van der Waals surface area contributed by atoms with Crippen LogP contribution in [0.1, 0.15) is 13.3 Å². The molecule has 108 valence electrons. The SMILES string of the molecule is CCCn1c(-c2cccc(N)c2O)nc2cc(Cl)ccc21. The minimum atomic E-state index is 0.0660. The van der Waals surface area contributed by atoms with Gasteiger partial charge in [0.1, 0.15) is 11.6 Å². The molecule has 21 heavy (non-hydrogen) atoms. The van der Waals surface area contributed by atoms with Crippen LogP contribution in [0.3, 0.4) is 0 Å². The highest BCUT2D eigenvalue weighted by molar-refractivity contribution is 6.31. The predicted octanol–water partition coefficient (Wildman–Crippen LogP) is 4.05. The van der Waals surface area contributed by atoms with Gasteiger partial charge in [0.15, 0.2) is 0 Å². The van der Waals surface area contributed by atoms with E-state index in [-0.39, 0.29) is 5.75 Å². The first-order valence-corrected chi connectivity index (χ1v) is 7.23. The molecule has 0 fully saturated rings. The van der Waals surface area contributed by atoms with E-state index in [4.69, 9.17) is 17.3 Å². The minimum Gasteiger partial charge on any atom is -0.505 e. The van der Waals surface area contributed by atoms with E-state index in [1.165, 1.54) is 0 Å². The van der Waals surface area contributed by atoms with Crippen molar-refractivity contribution in [2.75, 3.05) is 5.73 Å². The Morgan fingerprint density at radius 1 is 1.29 bits per heavy atom. The summed E-state index contributed by atoms with van der Waals surface area (Å²) in [4.78, 5) is 4.63. The average molecular weight is 302 g/mol. The summed E-state index contributed by atoms with van der Waals surface area (Å²) in [5.41, 5.74) is 8.59. The zero-order valence-corrected chi connectivity index (χ0v) is 12.4. The van der Waals surface area contributed by atoms with Crippen molar-refractivity contribution in [3.63, 3.8) is 0 Å². The number of imidazole rings is 1. The second kappa shape index (κ2) is 5.30. The zero-order chi connectivity index (χ0) is 15.0. The maximum Gasteiger partial charge on any atom is 0.149 e. The van der Waals surface area contributed by atoms with E-state index in [0.717, 1.165) is 24.0 Å². The Kier molecular flexibility index (Phi) is 3.47. The van der Waals surface area contributed by atoms with Crippen molar-refractivity contribution in [1.29, 1.82) is 0 Å². The number of phenolic OH excluding ortho intramolecular Hbond substituents is 1. The van der Waals surface area contributed by atoms with Gasteiger partial charge in [0.05, 0.1) is 22.3 Å². The first-order valence-electron chi connectivity index (χ1n) is 6.85. The molecule has 1 aromatic heterocycles. The fraction of sp³-hybridized carbons (Fsp3) is 0.188. The van der Waals surface area contributed by atoms with Gasteiger partial charge in [-0.2, -0.15) is 0 Å². The van der Waals surface area contributed by atoms with E-state index in [1.807, 2.05) is 30.3 Å². The largest absolute Gasteiger partial charge is 0.505 e. The molecule has 3 aromatic rings. The summed E-state index contributed by atoms with van der Waals surface area (Å²) < 4.78 is 2.08. The average Bonchev–Trinajstić information content (AvgIpc) is 2.80. The smallest absolute Gasteiger partial charge is 0.149 e. The maximum absolute atomic E-state index is 10.2. The second-order valence-corrected chi connectivity index (χ2v) is 5.40. The van der Waals surface area contributed by atoms with Gasteiger partial charge < -0.3 is 15.4 Å². The van der Waals surface area contributed by atoms with E-state index in [0.29, 0.717) is 22.1 Å². The van der Waals surface area contributed by atoms with Crippen LogP contribution in [0.4, 0.5) is 5.69 Å². The van der Waals surface area contributed by atoms with Crippen LogP contribution in [0.25, 0.3) is 22.4 Å². The number of nitrogens with zero attached hydrogens (tertiary/aromatic N) is 2. The molecule has 0 unspecified atom stereocenters. The molecule has 0 spiro atoms. The highest BCUT2D eigenvalue weighted by atomic mass is 35.5. The van der Waals surface area contributed by atoms with Crippen molar-refractivity contribution in [1.82, 2.24) is 9.55 Å². The van der Waals surface area contributed by atoms with Crippen molar-refractivity contribution in [2.24, 2.45) is 0 Å². The minimum absolute atomic E-state index is 0.0660. The quantitative estimate of drug-likeness (QED) is 0.566. The van der Waals surface area contributed by atoms with E-state index in [2.05, 4.69) is 16.5 Å². The summed E-state index contributed by atoms with van der Waals surface area (Å²) in [6.45, 7) is 2.91. The van der Waals surface area contributed by atoms with Gasteiger partial charge in [-0.05, 0) is 36.8 Å². The Hall–Kier alpha value is -2.20. The molecule has 0 bridgehead atoms. The van der Waals surface area contributed by atoms with Gasteiger partial charge in [-0.3, -0.25) is 0 Å². The number of nitrogen functional groups attached to an aromatic ring is 1. The number of nitrogens with two attached hydrogens (primary N) is 1. The van der Waals surface area contributed by atoms with Crippen LogP contribution in [0.2, 0.25) is 5.02 Å². The van der Waals surface area contributed by atoms with E-state index >= 15 is 0 Å². The van der Waals surface area contributed by atoms with Crippen LogP contribution in [0.15, 0.2) is 36.4 Å². The number of para-hydroxylation sites is 1. The molecular formula is C16H16ClN3O. The number of aromatic hydroxyl groups is 1. The van der Waals surface area contributed by atoms with Gasteiger partial charge in [0, 0.05) is 11.6 Å². The predicted molar refractivity (Wildman–Crippen MR) is 86.5 cm³/mol. The van der Waals surface area contributed by atoms with Gasteiger partial charge in [0.25, 0.3) is 0 Å². The molecule has 3 rings (SSSR count). The fourth-order valence-corrected chi connectivity index (χ4v) is 2.67. The third-order valence-corrected chi connectivity index (χ3v) is 3.70. The summed E-state index contributed by atoms with van der Waals surface area (Å²) >= 11 is 6.04. The topological polar surface area (TPSA) is 64.1 Å². The Morgan fingerprint density at radius 2 is 2.10 bits per heavy atom. The molecule has 4 nitrogen and oxygen atoms in total. The number of halogens is 1. The number of rotatable bonds is 3. The third-order valence-electron chi connectivity index (χ3n) is 3.47. The number of phenols is 1. The highest BCUT2D eigenvalue weighted by Gasteiger charge is 2.16. The molecule has 0 saturated carbocycles. The van der Waals surface area contributed by atoms with Crippen LogP contribution in [-0.4, -0.2) is 14.7 Å². The summed E-state index contributed by atoms with van der Waals surface area (Å²) in [5, 5.41) is 10.9. The van der Waals surface area contributed by atoms with Crippen molar-refractivity contribution >= 4 is 28.3 Å². The number of hydrogen-bond acceptors (Lipinski definition) is 3. The fourth-order valence-electron chi connectivity index (χ4n) is 2.50. The Bertz CT molecular complexity index is 811. The van der Waals surface area contributed by atoms with Crippen LogP contribution >= 0.6 is 11.6 Å². The molecule has 0 aliphatic heterocycles. The van der Waals surface area contributed by atoms with Crippen molar-refractivity contribution in [3.8, 4) is 17.1 Å². The van der Waals surface area contributed by atoms with E-state index < -0.39 is 0 Å². The Labute approximate surface area is 127 Å². The summed E-state index contributed by atoms with van der Waals surface area (Å²) in [6.07, 6.45) is 0.962. The highest BCUT2D eigenvalue weighted by Crippen LogP contribution is 2.35. The van der Waals surface area contributed by atoms with Crippen LogP contribution in [0.5, 0.6) is 5.75 Å². The molecule has 0 saturated heterocycles. The summed E-state index contributed by atoms with van der Waals surface area (Å²) in [7, 11) is 0. The molecule has 1 heterocycles. The monoisotopic (exact) mass is 301 g/mol. The van der Waals surface area contributed by atoms with Crippen molar-refractivity contribution < 1.29 is 5.11 Å². The summed E-state index contributed by atoms with van der Waals surface area (Å²) in [6, 6.07) is 10.9. The molecular weight excluding hydrogens is 286 g/mol. The van der Waals surface area contributed by atoms with Crippen molar-refractivity contribution in [2.45, 2.75) is 19.9 Å². The lowest BCUT2D eigenvalue weighted by molar-refractivity contribution is 0.479. The zero-order valence-electron chi connectivity index (χ0n) is 11.7. The first-order chi connectivity index (χ1) is 10.1. The Balaban J connectivity index is 2.30. The molecule has 3 N–H and O–H groups in total. The van der Waals surface area contributed by atoms with E-state index in [9.17, 15) is 5.11 Å². The lowest BCUT2D eigenvalue weighted by Gasteiger charge is -2.10. The summed E-state index contributed by atoms with van der Waals surface area (Å²) in [5.74, 6) is 0.773. The number of aryl methyl sites for hydroxylation is 1. The molecule has 0 aliphatic rings. The number of hydrogen-bond donors (Lipinski definition) is 2. The number of anilines is 1. The number of fused-ring (bicyclic) bond motifs is 1. The first kappa shape index (κ1) is 13.8. The van der Waals surface area contributed by atoms with E-state index in [1.54, 1.807) is 6.07 Å². The molecule has 0 aliphatic carbocycles. The molecule has 0 amide bonds. The normalized spacial score (nSPS) is 11.1. The van der Waals surface area contributed by atoms with Gasteiger partial charge in [0.2, 0.25) is 0 Å². The lowest BCUT2D eigenvalue weighted by Crippen LogP contribution is -2.00. The van der Waals surface area contributed by atoms with Crippen LogP contribution in [-0.2, 0) is 6.54 Å². The number of aromatic nitrogens is 2. The van der Waals surface area contributed by atoms with Crippen LogP contribution in [0, 0.1) is 0 Å². The number of benzene rings is 2. The molecule has 0 radical (unpaired) electrons. The molecule has 0 atom stereocenters. The van der Waals surface area contributed by atoms with Crippen LogP contribution < -0.4 is 5.73 Å². The lowest BCUT2D eigenvalue weighted by atomic mass is 10.1. The molecule has 5 heteroatoms. The van der Waals surface area contributed by atoms with Gasteiger partial charge in [-0.25, -0.2) is 4.98 Å².